The van der Waals surface area contributed by atoms with Crippen LogP contribution in [0, 0.1) is 10.1 Å². The highest BCUT2D eigenvalue weighted by Gasteiger charge is 2.14. The number of nitrogens with zero attached hydrogens (tertiary/aromatic N) is 2. The van der Waals surface area contributed by atoms with Gasteiger partial charge in [-0.25, -0.2) is 4.99 Å². The van der Waals surface area contributed by atoms with E-state index in [9.17, 15) is 14.9 Å². The zero-order valence-corrected chi connectivity index (χ0v) is 14.7. The minimum Gasteiger partial charge on any atom is -0.310 e. The maximum Gasteiger partial charge on any atom is 0.269 e. The lowest BCUT2D eigenvalue weighted by atomic mass is 9.87. The molecule has 0 bridgehead atoms. The quantitative estimate of drug-likeness (QED) is 0.390. The molecule has 0 heterocycles. The predicted octanol–water partition coefficient (Wildman–Crippen LogP) is 4.37. The topological polar surface area (TPSA) is 84.6 Å². The van der Waals surface area contributed by atoms with Gasteiger partial charge < -0.3 is 5.32 Å². The third-order valence-corrected chi connectivity index (χ3v) is 3.66. The van der Waals surface area contributed by atoms with E-state index < -0.39 is 4.92 Å². The van der Waals surface area contributed by atoms with E-state index in [1.807, 2.05) is 12.1 Å². The van der Waals surface area contributed by atoms with Crippen molar-refractivity contribution in [3.8, 4) is 0 Å². The van der Waals surface area contributed by atoms with E-state index in [1.54, 1.807) is 19.1 Å². The lowest BCUT2D eigenvalue weighted by Crippen LogP contribution is -2.28. The third-order valence-electron chi connectivity index (χ3n) is 3.66. The van der Waals surface area contributed by atoms with E-state index in [4.69, 9.17) is 0 Å². The first kappa shape index (κ1) is 18.3. The molecule has 0 aliphatic rings. The number of nitro groups is 1. The van der Waals surface area contributed by atoms with Crippen LogP contribution in [0.2, 0.25) is 0 Å². The fourth-order valence-electron chi connectivity index (χ4n) is 2.23. The normalized spacial score (nSPS) is 11.9. The van der Waals surface area contributed by atoms with Crippen LogP contribution in [0.25, 0.3) is 0 Å². The van der Waals surface area contributed by atoms with Gasteiger partial charge in [-0.05, 0) is 42.2 Å². The Morgan fingerprint density at radius 3 is 2.08 bits per heavy atom. The highest BCUT2D eigenvalue weighted by Crippen LogP contribution is 2.22. The molecule has 25 heavy (non-hydrogen) atoms. The number of amidine groups is 1. The number of nitro benzene ring substituents is 1. The van der Waals surface area contributed by atoms with Crippen molar-refractivity contribution in [2.45, 2.75) is 33.1 Å². The molecule has 6 nitrogen and oxygen atoms in total. The van der Waals surface area contributed by atoms with E-state index in [0.717, 1.165) is 5.56 Å². The summed E-state index contributed by atoms with van der Waals surface area (Å²) in [5.74, 6) is 0.169. The second-order valence-corrected chi connectivity index (χ2v) is 6.75. The Morgan fingerprint density at radius 1 is 1.04 bits per heavy atom. The zero-order chi connectivity index (χ0) is 18.6. The lowest BCUT2D eigenvalue weighted by molar-refractivity contribution is -0.384. The maximum absolute atomic E-state index is 12.3. The molecule has 1 N–H and O–H groups in total. The fourth-order valence-corrected chi connectivity index (χ4v) is 2.23. The molecule has 6 heteroatoms. The monoisotopic (exact) mass is 339 g/mol. The first-order valence-electron chi connectivity index (χ1n) is 7.88. The molecule has 0 radical (unpaired) electrons. The summed E-state index contributed by atoms with van der Waals surface area (Å²) in [6.45, 7) is 8.01. The van der Waals surface area contributed by atoms with Gasteiger partial charge >= 0.3 is 0 Å². The molecule has 0 fully saturated rings. The van der Waals surface area contributed by atoms with Crippen LogP contribution < -0.4 is 5.32 Å². The van der Waals surface area contributed by atoms with Crippen molar-refractivity contribution in [3.63, 3.8) is 0 Å². The first-order valence-corrected chi connectivity index (χ1v) is 7.88. The molecular weight excluding hydrogens is 318 g/mol. The number of hydrogen-bond donors (Lipinski definition) is 1. The number of hydrogen-bond acceptors (Lipinski definition) is 4. The Hall–Kier alpha value is -3.02. The standard InChI is InChI=1S/C19H21N3O3/c1-13(20-16-9-11-17(12-10-16)22(24)25)21-18(23)14-5-7-15(8-6-14)19(2,3)4/h5-12H,1-4H3,(H,20,21,23). The number of nitrogens with one attached hydrogen (secondary N) is 1. The molecule has 0 aliphatic heterocycles. The summed E-state index contributed by atoms with van der Waals surface area (Å²) < 4.78 is 0. The SMILES string of the molecule is CC(=Nc1ccc([N+](=O)[O-])cc1)NC(=O)c1ccc(C(C)(C)C)cc1. The van der Waals surface area contributed by atoms with Crippen LogP contribution in [0.3, 0.4) is 0 Å². The number of carbonyl (C=O) groups excluding carboxylic acids is 1. The van der Waals surface area contributed by atoms with Crippen molar-refractivity contribution in [2.24, 2.45) is 4.99 Å². The molecule has 0 spiro atoms. The van der Waals surface area contributed by atoms with Crippen LogP contribution in [0.1, 0.15) is 43.6 Å². The Balaban J connectivity index is 2.07. The van der Waals surface area contributed by atoms with Gasteiger partial charge in [0.15, 0.2) is 0 Å². The molecule has 2 aromatic carbocycles. The Morgan fingerprint density at radius 2 is 1.60 bits per heavy atom. The number of benzene rings is 2. The van der Waals surface area contributed by atoms with Gasteiger partial charge in [0.2, 0.25) is 0 Å². The van der Waals surface area contributed by atoms with Gasteiger partial charge in [-0.2, -0.15) is 0 Å². The summed E-state index contributed by atoms with van der Waals surface area (Å²) in [7, 11) is 0. The second-order valence-electron chi connectivity index (χ2n) is 6.75. The van der Waals surface area contributed by atoms with Crippen molar-refractivity contribution in [2.75, 3.05) is 0 Å². The number of rotatable bonds is 3. The molecule has 0 atom stereocenters. The summed E-state index contributed by atoms with van der Waals surface area (Å²) in [6, 6.07) is 13.3. The second kappa shape index (κ2) is 7.25. The number of carbonyl (C=O) groups is 1. The van der Waals surface area contributed by atoms with E-state index in [-0.39, 0.29) is 17.0 Å². The average Bonchev–Trinajstić information content (AvgIpc) is 2.54. The van der Waals surface area contributed by atoms with Crippen molar-refractivity contribution < 1.29 is 9.72 Å². The fraction of sp³-hybridized carbons (Fsp3) is 0.263. The molecular formula is C19H21N3O3. The smallest absolute Gasteiger partial charge is 0.269 e. The molecule has 130 valence electrons. The molecule has 0 saturated carbocycles. The van der Waals surface area contributed by atoms with Gasteiger partial charge in [-0.1, -0.05) is 32.9 Å². The van der Waals surface area contributed by atoms with Gasteiger partial charge in [0.25, 0.3) is 11.6 Å². The Bertz CT molecular complexity index is 801. The molecule has 1 amide bonds. The predicted molar refractivity (Wildman–Crippen MR) is 98.5 cm³/mol. The van der Waals surface area contributed by atoms with E-state index in [0.29, 0.717) is 17.1 Å². The summed E-state index contributed by atoms with van der Waals surface area (Å²) >= 11 is 0. The van der Waals surface area contributed by atoms with Crippen molar-refractivity contribution in [3.05, 3.63) is 69.8 Å². The minimum atomic E-state index is -0.469. The summed E-state index contributed by atoms with van der Waals surface area (Å²) in [5, 5.41) is 13.4. The molecule has 0 aromatic heterocycles. The molecule has 0 aliphatic carbocycles. The van der Waals surface area contributed by atoms with E-state index >= 15 is 0 Å². The van der Waals surface area contributed by atoms with Crippen molar-refractivity contribution in [1.82, 2.24) is 5.32 Å². The van der Waals surface area contributed by atoms with Crippen molar-refractivity contribution in [1.29, 1.82) is 0 Å². The minimum absolute atomic E-state index is 0.000392. The molecule has 2 aromatic rings. The highest BCUT2D eigenvalue weighted by molar-refractivity contribution is 6.06. The number of amides is 1. The van der Waals surface area contributed by atoms with Crippen LogP contribution in [-0.4, -0.2) is 16.7 Å². The third kappa shape index (κ3) is 4.97. The van der Waals surface area contributed by atoms with Gasteiger partial charge in [0, 0.05) is 17.7 Å². The highest BCUT2D eigenvalue weighted by atomic mass is 16.6. The number of aliphatic imine (C=N–C) groups is 1. The van der Waals surface area contributed by atoms with Crippen LogP contribution in [0.15, 0.2) is 53.5 Å². The van der Waals surface area contributed by atoms with Crippen molar-refractivity contribution >= 4 is 23.1 Å². The van der Waals surface area contributed by atoms with Crippen LogP contribution in [0.4, 0.5) is 11.4 Å². The molecule has 0 saturated heterocycles. The maximum atomic E-state index is 12.3. The first-order chi connectivity index (χ1) is 11.7. The molecule has 0 unspecified atom stereocenters. The van der Waals surface area contributed by atoms with E-state index in [2.05, 4.69) is 31.1 Å². The van der Waals surface area contributed by atoms with Gasteiger partial charge in [-0.15, -0.1) is 0 Å². The van der Waals surface area contributed by atoms with Crippen LogP contribution >= 0.6 is 0 Å². The van der Waals surface area contributed by atoms with Crippen LogP contribution in [0.5, 0.6) is 0 Å². The Labute approximate surface area is 146 Å². The number of non-ortho nitro benzene ring substituents is 1. The summed E-state index contributed by atoms with van der Waals surface area (Å²) in [6.07, 6.45) is 0. The van der Waals surface area contributed by atoms with E-state index in [1.165, 1.54) is 24.3 Å². The Kier molecular flexibility index (Phi) is 5.32. The van der Waals surface area contributed by atoms with Crippen LogP contribution in [-0.2, 0) is 5.41 Å². The van der Waals surface area contributed by atoms with Gasteiger partial charge in [0.05, 0.1) is 10.6 Å². The largest absolute Gasteiger partial charge is 0.310 e. The van der Waals surface area contributed by atoms with Gasteiger partial charge in [-0.3, -0.25) is 14.9 Å². The lowest BCUT2D eigenvalue weighted by Gasteiger charge is -2.19. The van der Waals surface area contributed by atoms with Gasteiger partial charge in [0.1, 0.15) is 5.84 Å². The average molecular weight is 339 g/mol. The molecule has 2 rings (SSSR count). The summed E-state index contributed by atoms with van der Waals surface area (Å²) in [4.78, 5) is 26.7. The summed E-state index contributed by atoms with van der Waals surface area (Å²) in [5.41, 5.74) is 2.26. The zero-order valence-electron chi connectivity index (χ0n) is 14.7.